The molecule has 0 radical (unpaired) electrons. The quantitative estimate of drug-likeness (QED) is 0.279. The number of ether oxygens (including phenoxy) is 2. The average molecular weight is 450 g/mol. The lowest BCUT2D eigenvalue weighted by Crippen LogP contribution is -2.00. The number of aryl methyl sites for hydroxylation is 1. The minimum absolute atomic E-state index is 0.110. The summed E-state index contributed by atoms with van der Waals surface area (Å²) < 4.78 is 12.7. The topological polar surface area (TPSA) is 79.4 Å². The van der Waals surface area contributed by atoms with Crippen LogP contribution in [0.15, 0.2) is 55.3 Å². The number of nitriles is 1. The Bertz CT molecular complexity index is 1050. The number of anilines is 1. The van der Waals surface area contributed by atoms with Crippen molar-refractivity contribution in [3.8, 4) is 23.1 Å². The molecule has 6 nitrogen and oxygen atoms in total. The maximum atomic E-state index is 9.80. The Kier molecular flexibility index (Phi) is 10.9. The summed E-state index contributed by atoms with van der Waals surface area (Å²) >= 11 is 0. The molecule has 3 aromatic rings. The zero-order valence-corrected chi connectivity index (χ0v) is 19.9. The highest BCUT2D eigenvalue weighted by atomic mass is 16.5. The molecule has 0 saturated carbocycles. The van der Waals surface area contributed by atoms with Crippen LogP contribution in [0.4, 0.5) is 5.69 Å². The number of benzene rings is 2. The molecule has 33 heavy (non-hydrogen) atoms. The van der Waals surface area contributed by atoms with Gasteiger partial charge in [-0.3, -0.25) is 0 Å². The van der Waals surface area contributed by atoms with E-state index in [1.54, 1.807) is 0 Å². The monoisotopic (exact) mass is 449 g/mol. The van der Waals surface area contributed by atoms with Crippen LogP contribution in [0.5, 0.6) is 5.75 Å². The molecule has 0 bridgehead atoms. The summed E-state index contributed by atoms with van der Waals surface area (Å²) in [7, 11) is 1.89. The molecule has 0 atom stereocenters. The van der Waals surface area contributed by atoms with E-state index in [9.17, 15) is 5.26 Å². The lowest BCUT2D eigenvalue weighted by molar-refractivity contribution is 0.233. The van der Waals surface area contributed by atoms with Crippen molar-refractivity contribution >= 4 is 16.6 Å². The van der Waals surface area contributed by atoms with Crippen molar-refractivity contribution in [1.82, 2.24) is 4.57 Å². The van der Waals surface area contributed by atoms with E-state index < -0.39 is 0 Å². The van der Waals surface area contributed by atoms with Crippen molar-refractivity contribution in [1.29, 1.82) is 5.26 Å². The van der Waals surface area contributed by atoms with E-state index in [-0.39, 0.29) is 6.61 Å². The zero-order valence-electron chi connectivity index (χ0n) is 19.9. The van der Waals surface area contributed by atoms with Gasteiger partial charge in [-0.1, -0.05) is 32.1 Å². The Morgan fingerprint density at radius 2 is 1.88 bits per heavy atom. The minimum Gasteiger partial charge on any atom is -0.502 e. The Labute approximate surface area is 197 Å². The van der Waals surface area contributed by atoms with Crippen molar-refractivity contribution in [2.24, 2.45) is 0 Å². The number of nitrogens with one attached hydrogen (secondary N) is 1. The van der Waals surface area contributed by atoms with Crippen molar-refractivity contribution < 1.29 is 14.6 Å². The molecule has 0 aliphatic heterocycles. The van der Waals surface area contributed by atoms with Gasteiger partial charge in [0.1, 0.15) is 11.8 Å². The number of aliphatic hydroxyl groups is 1. The summed E-state index contributed by atoms with van der Waals surface area (Å²) in [6.45, 7) is 9.77. The van der Waals surface area contributed by atoms with Gasteiger partial charge >= 0.3 is 0 Å². The van der Waals surface area contributed by atoms with Gasteiger partial charge in [0.2, 0.25) is 0 Å². The number of aromatic nitrogens is 1. The van der Waals surface area contributed by atoms with Crippen LogP contribution in [0.25, 0.3) is 22.2 Å². The molecule has 1 aromatic heterocycles. The van der Waals surface area contributed by atoms with Crippen LogP contribution in [0.1, 0.15) is 38.7 Å². The van der Waals surface area contributed by atoms with Gasteiger partial charge in [0.05, 0.1) is 36.2 Å². The molecule has 0 fully saturated rings. The fraction of sp³-hybridized carbons (Fsp3) is 0.370. The summed E-state index contributed by atoms with van der Waals surface area (Å²) in [6.07, 6.45) is 4.40. The fourth-order valence-electron chi connectivity index (χ4n) is 3.52. The molecule has 2 N–H and O–H groups in total. The van der Waals surface area contributed by atoms with E-state index in [1.807, 2.05) is 49.5 Å². The Morgan fingerprint density at radius 3 is 2.45 bits per heavy atom. The third kappa shape index (κ3) is 6.77. The highest BCUT2D eigenvalue weighted by Gasteiger charge is 2.18. The standard InChI is InChI=1S/C21H23N3O2.C6H12O/c1-3-24-20-13-17(26-12-4-11-25)9-10-18(20)19(14-22)21(24)15-5-7-16(23-2)8-6-15;1-3-5-6-7-4-2/h5-10,13,23,25H,3-4,11-12H2,1-2H3;4H,2-3,5-6H2,1H3. The van der Waals surface area contributed by atoms with Gasteiger partial charge in [0.15, 0.2) is 0 Å². The molecule has 176 valence electrons. The van der Waals surface area contributed by atoms with Gasteiger partial charge in [-0.15, -0.1) is 0 Å². The van der Waals surface area contributed by atoms with E-state index in [0.717, 1.165) is 53.2 Å². The number of nitrogens with zero attached hydrogens (tertiary/aromatic N) is 2. The lowest BCUT2D eigenvalue weighted by Gasteiger charge is -2.10. The third-order valence-corrected chi connectivity index (χ3v) is 5.22. The summed E-state index contributed by atoms with van der Waals surface area (Å²) in [5.74, 6) is 0.750. The molecule has 2 aromatic carbocycles. The number of aliphatic hydroxyl groups excluding tert-OH is 1. The molecule has 0 spiro atoms. The van der Waals surface area contributed by atoms with Crippen LogP contribution >= 0.6 is 0 Å². The highest BCUT2D eigenvalue weighted by molar-refractivity contribution is 5.95. The molecule has 1 heterocycles. The van der Waals surface area contributed by atoms with Crippen LogP contribution < -0.4 is 10.1 Å². The Balaban J connectivity index is 0.000000479. The van der Waals surface area contributed by atoms with E-state index in [2.05, 4.69) is 36.4 Å². The largest absolute Gasteiger partial charge is 0.502 e. The summed E-state index contributed by atoms with van der Waals surface area (Å²) in [4.78, 5) is 0. The Morgan fingerprint density at radius 1 is 1.12 bits per heavy atom. The SMILES string of the molecule is C=COCCCC.CCn1c(-c2ccc(NC)cc2)c(C#N)c2ccc(OCCCO)cc21. The van der Waals surface area contributed by atoms with Crippen molar-refractivity contribution in [2.75, 3.05) is 32.2 Å². The van der Waals surface area contributed by atoms with Gasteiger partial charge in [0.25, 0.3) is 0 Å². The molecule has 0 amide bonds. The molecular weight excluding hydrogens is 414 g/mol. The van der Waals surface area contributed by atoms with Gasteiger partial charge in [-0.05, 0) is 43.2 Å². The Hall–Kier alpha value is -3.43. The summed E-state index contributed by atoms with van der Waals surface area (Å²) in [5.41, 5.74) is 4.65. The van der Waals surface area contributed by atoms with Crippen LogP contribution in [0, 0.1) is 11.3 Å². The second-order valence-corrected chi connectivity index (χ2v) is 7.40. The van der Waals surface area contributed by atoms with Crippen LogP contribution in [0.3, 0.4) is 0 Å². The molecule has 6 heteroatoms. The average Bonchev–Trinajstić information content (AvgIpc) is 3.17. The van der Waals surface area contributed by atoms with Crippen molar-refractivity contribution in [2.45, 2.75) is 39.7 Å². The zero-order chi connectivity index (χ0) is 24.1. The maximum Gasteiger partial charge on any atom is 0.121 e. The van der Waals surface area contributed by atoms with Crippen LogP contribution in [-0.4, -0.2) is 36.5 Å². The van der Waals surface area contributed by atoms with Crippen LogP contribution in [-0.2, 0) is 11.3 Å². The smallest absolute Gasteiger partial charge is 0.121 e. The highest BCUT2D eigenvalue weighted by Crippen LogP contribution is 2.35. The lowest BCUT2D eigenvalue weighted by atomic mass is 10.1. The summed E-state index contributed by atoms with van der Waals surface area (Å²) in [5, 5.41) is 22.7. The third-order valence-electron chi connectivity index (χ3n) is 5.22. The van der Waals surface area contributed by atoms with E-state index >= 15 is 0 Å². The van der Waals surface area contributed by atoms with Gasteiger partial charge in [0, 0.05) is 43.8 Å². The molecule has 3 rings (SSSR count). The van der Waals surface area contributed by atoms with E-state index in [4.69, 9.17) is 14.6 Å². The first-order chi connectivity index (χ1) is 16.1. The second kappa shape index (κ2) is 13.9. The van der Waals surface area contributed by atoms with Crippen molar-refractivity contribution in [3.05, 3.63) is 60.9 Å². The second-order valence-electron chi connectivity index (χ2n) is 7.40. The maximum absolute atomic E-state index is 9.80. The first-order valence-corrected chi connectivity index (χ1v) is 11.5. The number of hydrogen-bond donors (Lipinski definition) is 2. The number of rotatable bonds is 11. The summed E-state index contributed by atoms with van der Waals surface area (Å²) in [6, 6.07) is 16.3. The predicted molar refractivity (Wildman–Crippen MR) is 136 cm³/mol. The van der Waals surface area contributed by atoms with Gasteiger partial charge in [-0.25, -0.2) is 0 Å². The predicted octanol–water partition coefficient (Wildman–Crippen LogP) is 5.95. The number of hydrogen-bond acceptors (Lipinski definition) is 5. The molecule has 0 aliphatic carbocycles. The molecule has 0 aliphatic rings. The molecule has 0 unspecified atom stereocenters. The van der Waals surface area contributed by atoms with E-state index in [0.29, 0.717) is 18.6 Å². The normalized spacial score (nSPS) is 10.2. The molecule has 0 saturated heterocycles. The fourth-order valence-corrected chi connectivity index (χ4v) is 3.52. The minimum atomic E-state index is 0.110. The van der Waals surface area contributed by atoms with Crippen LogP contribution in [0.2, 0.25) is 0 Å². The number of unbranched alkanes of at least 4 members (excludes halogenated alkanes) is 1. The van der Waals surface area contributed by atoms with Gasteiger partial charge in [-0.2, -0.15) is 5.26 Å². The van der Waals surface area contributed by atoms with Gasteiger partial charge < -0.3 is 24.5 Å². The van der Waals surface area contributed by atoms with E-state index in [1.165, 1.54) is 12.7 Å². The van der Waals surface area contributed by atoms with Crippen molar-refractivity contribution in [3.63, 3.8) is 0 Å². The first-order valence-electron chi connectivity index (χ1n) is 11.5. The first kappa shape index (κ1) is 25.8. The molecular formula is C27H35N3O3. The number of fused-ring (bicyclic) bond motifs is 1.